The molecule has 0 unspecified atom stereocenters. The molecule has 0 aliphatic heterocycles. The SMILES string of the molecule is COc1cc(OC)c2ccc(-c3ccc(-c4ccc5c(OC)cc(OC)cc5[o+]4)cc3)[o+]c2c1. The van der Waals surface area contributed by atoms with Gasteiger partial charge in [-0.1, -0.05) is 0 Å². The Morgan fingerprint density at radius 1 is 0.471 bits per heavy atom. The van der Waals surface area contributed by atoms with Crippen LogP contribution in [-0.2, 0) is 0 Å². The first kappa shape index (κ1) is 21.5. The maximum absolute atomic E-state index is 6.18. The van der Waals surface area contributed by atoms with E-state index in [1.54, 1.807) is 28.4 Å². The Balaban J connectivity index is 1.51. The highest BCUT2D eigenvalue weighted by molar-refractivity contribution is 5.88. The number of benzene rings is 3. The van der Waals surface area contributed by atoms with Crippen LogP contribution in [0, 0.1) is 0 Å². The Labute approximate surface area is 196 Å². The van der Waals surface area contributed by atoms with Gasteiger partial charge in [0.2, 0.25) is 0 Å². The molecule has 5 aromatic rings. The number of hydrogen-bond donors (Lipinski definition) is 0. The maximum Gasteiger partial charge on any atom is 0.368 e. The highest BCUT2D eigenvalue weighted by Crippen LogP contribution is 2.36. The second-order valence-electron chi connectivity index (χ2n) is 7.66. The highest BCUT2D eigenvalue weighted by atomic mass is 16.5. The third-order valence-corrected chi connectivity index (χ3v) is 5.76. The summed E-state index contributed by atoms with van der Waals surface area (Å²) in [5, 5.41) is 1.76. The molecule has 0 radical (unpaired) electrons. The molecular formula is C28H24O6+2. The van der Waals surface area contributed by atoms with Gasteiger partial charge >= 0.3 is 22.7 Å². The Morgan fingerprint density at radius 2 is 0.882 bits per heavy atom. The van der Waals surface area contributed by atoms with Gasteiger partial charge in [-0.05, 0) is 36.4 Å². The first-order valence-electron chi connectivity index (χ1n) is 10.7. The lowest BCUT2D eigenvalue weighted by Gasteiger charge is -2.04. The fraction of sp³-hybridized carbons (Fsp3) is 0.143. The molecule has 0 atom stereocenters. The predicted octanol–water partition coefficient (Wildman–Crippen LogP) is 7.11. The molecule has 0 saturated heterocycles. The average Bonchev–Trinajstić information content (AvgIpc) is 2.90. The zero-order valence-electron chi connectivity index (χ0n) is 19.4. The van der Waals surface area contributed by atoms with Crippen molar-refractivity contribution in [1.82, 2.24) is 0 Å². The monoisotopic (exact) mass is 456 g/mol. The van der Waals surface area contributed by atoms with Gasteiger partial charge in [0.25, 0.3) is 0 Å². The zero-order valence-corrected chi connectivity index (χ0v) is 19.4. The first-order valence-corrected chi connectivity index (χ1v) is 10.7. The zero-order chi connectivity index (χ0) is 23.7. The van der Waals surface area contributed by atoms with Gasteiger partial charge in [-0.2, -0.15) is 0 Å². The standard InChI is InChI=1S/C28H24O6/c1-29-19-13-25(31-3)21-9-11-23(33-27(21)15-19)17-5-7-18(8-6-17)24-12-10-22-26(32-4)14-20(30-2)16-28(22)34-24/h5-16H,1-4H3/q+2. The Kier molecular flexibility index (Phi) is 5.64. The van der Waals surface area contributed by atoms with Crippen LogP contribution in [0.3, 0.4) is 0 Å². The summed E-state index contributed by atoms with van der Waals surface area (Å²) in [6.07, 6.45) is 0. The van der Waals surface area contributed by atoms with E-state index in [4.69, 9.17) is 27.8 Å². The minimum absolute atomic E-state index is 0.673. The van der Waals surface area contributed by atoms with E-state index < -0.39 is 0 Å². The summed E-state index contributed by atoms with van der Waals surface area (Å²) in [5.74, 6) is 4.22. The van der Waals surface area contributed by atoms with Crippen molar-refractivity contribution in [1.29, 1.82) is 0 Å². The summed E-state index contributed by atoms with van der Waals surface area (Å²) in [5.41, 5.74) is 3.25. The van der Waals surface area contributed by atoms with Crippen LogP contribution in [0.1, 0.15) is 0 Å². The fourth-order valence-electron chi connectivity index (χ4n) is 3.96. The van der Waals surface area contributed by atoms with Crippen LogP contribution in [0.5, 0.6) is 23.0 Å². The van der Waals surface area contributed by atoms with Gasteiger partial charge < -0.3 is 18.9 Å². The second-order valence-corrected chi connectivity index (χ2v) is 7.66. The Hall–Kier alpha value is -4.32. The van der Waals surface area contributed by atoms with Crippen LogP contribution in [0.4, 0.5) is 0 Å². The number of hydrogen-bond acceptors (Lipinski definition) is 4. The summed E-state index contributed by atoms with van der Waals surface area (Å²) < 4.78 is 34.0. The molecule has 0 N–H and O–H groups in total. The van der Waals surface area contributed by atoms with Crippen molar-refractivity contribution in [3.05, 3.63) is 72.8 Å². The van der Waals surface area contributed by atoms with Gasteiger partial charge in [-0.15, -0.1) is 0 Å². The molecule has 0 saturated carbocycles. The molecule has 0 fully saturated rings. The van der Waals surface area contributed by atoms with Gasteiger partial charge in [-0.3, -0.25) is 0 Å². The molecule has 0 aliphatic rings. The van der Waals surface area contributed by atoms with Crippen molar-refractivity contribution in [2.45, 2.75) is 0 Å². The van der Waals surface area contributed by atoms with E-state index in [1.165, 1.54) is 0 Å². The van der Waals surface area contributed by atoms with Crippen molar-refractivity contribution >= 4 is 21.9 Å². The second kappa shape index (κ2) is 8.90. The minimum atomic E-state index is 0.673. The van der Waals surface area contributed by atoms with Gasteiger partial charge in [0, 0.05) is 24.3 Å². The van der Waals surface area contributed by atoms with Crippen LogP contribution in [0.2, 0.25) is 0 Å². The minimum Gasteiger partial charge on any atom is -0.496 e. The van der Waals surface area contributed by atoms with Crippen LogP contribution < -0.4 is 18.9 Å². The van der Waals surface area contributed by atoms with E-state index in [0.29, 0.717) is 34.2 Å². The van der Waals surface area contributed by atoms with Crippen molar-refractivity contribution in [3.63, 3.8) is 0 Å². The first-order chi connectivity index (χ1) is 16.6. The van der Waals surface area contributed by atoms with Gasteiger partial charge in [0.05, 0.1) is 51.7 Å². The smallest absolute Gasteiger partial charge is 0.368 e. The van der Waals surface area contributed by atoms with E-state index in [2.05, 4.69) is 0 Å². The van der Waals surface area contributed by atoms with Crippen molar-refractivity contribution in [2.75, 3.05) is 28.4 Å². The molecule has 0 bridgehead atoms. The molecule has 0 amide bonds. The van der Waals surface area contributed by atoms with Gasteiger partial charge in [0.15, 0.2) is 0 Å². The topological polar surface area (TPSA) is 59.5 Å². The molecule has 6 nitrogen and oxygen atoms in total. The summed E-state index contributed by atoms with van der Waals surface area (Å²) in [6, 6.07) is 23.2. The number of rotatable bonds is 6. The largest absolute Gasteiger partial charge is 0.496 e. The summed E-state index contributed by atoms with van der Waals surface area (Å²) >= 11 is 0. The molecule has 0 aliphatic carbocycles. The van der Waals surface area contributed by atoms with Gasteiger partial charge in [0.1, 0.15) is 33.8 Å². The number of methoxy groups -OCH3 is 4. The number of ether oxygens (including phenoxy) is 4. The quantitative estimate of drug-likeness (QED) is 0.254. The fourth-order valence-corrected chi connectivity index (χ4v) is 3.96. The third-order valence-electron chi connectivity index (χ3n) is 5.76. The van der Waals surface area contributed by atoms with E-state index >= 15 is 0 Å². The van der Waals surface area contributed by atoms with E-state index in [0.717, 1.165) is 33.4 Å². The third kappa shape index (κ3) is 3.83. The lowest BCUT2D eigenvalue weighted by molar-refractivity contribution is 0.396. The Bertz CT molecular complexity index is 1380. The molecule has 2 aromatic heterocycles. The van der Waals surface area contributed by atoms with Crippen LogP contribution in [-0.4, -0.2) is 28.4 Å². The van der Waals surface area contributed by atoms with E-state index in [1.807, 2.05) is 72.8 Å². The van der Waals surface area contributed by atoms with Crippen molar-refractivity contribution in [3.8, 4) is 45.6 Å². The van der Waals surface area contributed by atoms with E-state index in [9.17, 15) is 0 Å². The molecule has 2 heterocycles. The van der Waals surface area contributed by atoms with Crippen molar-refractivity contribution in [2.24, 2.45) is 0 Å². The molecule has 6 heteroatoms. The van der Waals surface area contributed by atoms with Crippen LogP contribution in [0.25, 0.3) is 44.6 Å². The highest BCUT2D eigenvalue weighted by Gasteiger charge is 2.22. The normalized spacial score (nSPS) is 10.9. The predicted molar refractivity (Wildman–Crippen MR) is 132 cm³/mol. The lowest BCUT2D eigenvalue weighted by Crippen LogP contribution is -1.90. The molecular weight excluding hydrogens is 432 g/mol. The summed E-state index contributed by atoms with van der Waals surface area (Å²) in [7, 11) is 6.50. The van der Waals surface area contributed by atoms with Crippen molar-refractivity contribution < 1.29 is 27.8 Å². The van der Waals surface area contributed by atoms with Gasteiger partial charge in [-0.25, -0.2) is 8.83 Å². The molecule has 34 heavy (non-hydrogen) atoms. The number of fused-ring (bicyclic) bond motifs is 2. The molecule has 0 spiro atoms. The van der Waals surface area contributed by atoms with Crippen LogP contribution >= 0.6 is 0 Å². The molecule has 5 rings (SSSR count). The summed E-state index contributed by atoms with van der Waals surface area (Å²) in [6.45, 7) is 0. The summed E-state index contributed by atoms with van der Waals surface area (Å²) in [4.78, 5) is 0. The lowest BCUT2D eigenvalue weighted by atomic mass is 10.1. The average molecular weight is 456 g/mol. The molecule has 170 valence electrons. The van der Waals surface area contributed by atoms with E-state index in [-0.39, 0.29) is 0 Å². The Morgan fingerprint density at radius 3 is 1.24 bits per heavy atom. The maximum atomic E-state index is 6.18. The van der Waals surface area contributed by atoms with Crippen LogP contribution in [0.15, 0.2) is 81.6 Å². The molecule has 3 aromatic carbocycles.